The molecule has 0 aliphatic carbocycles. The Balaban J connectivity index is 0.00000108. The van der Waals surface area contributed by atoms with Gasteiger partial charge in [-0.05, 0) is 18.2 Å². The first-order valence-electron chi connectivity index (χ1n) is 5.06. The van der Waals surface area contributed by atoms with Crippen LogP contribution in [-0.4, -0.2) is 10.9 Å². The molecule has 0 spiro atoms. The van der Waals surface area contributed by atoms with E-state index in [4.69, 9.17) is 5.73 Å². The summed E-state index contributed by atoms with van der Waals surface area (Å²) in [5.74, 6) is -0.402. The molecule has 0 saturated carbocycles. The fourth-order valence-corrected chi connectivity index (χ4v) is 2.01. The van der Waals surface area contributed by atoms with E-state index in [2.05, 4.69) is 11.1 Å². The Bertz CT molecular complexity index is 703. The number of aromatic amines is 1. The Kier molecular flexibility index (Phi) is 2.77. The molecule has 4 heteroatoms. The molecule has 86 valence electrons. The van der Waals surface area contributed by atoms with Gasteiger partial charge in [-0.15, -0.1) is 12.4 Å². The van der Waals surface area contributed by atoms with Crippen LogP contribution in [0.4, 0.5) is 0 Å². The number of aromatic nitrogens is 1. The fourth-order valence-electron chi connectivity index (χ4n) is 2.01. The summed E-state index contributed by atoms with van der Waals surface area (Å²) in [4.78, 5) is 14.3. The minimum absolute atomic E-state index is 0. The second-order valence-electron chi connectivity index (χ2n) is 3.80. The van der Waals surface area contributed by atoms with Crippen LogP contribution in [0.5, 0.6) is 0 Å². The highest BCUT2D eigenvalue weighted by atomic mass is 35.5. The van der Waals surface area contributed by atoms with Crippen molar-refractivity contribution in [1.82, 2.24) is 4.98 Å². The fraction of sp³-hybridized carbons (Fsp3) is 0. The second-order valence-corrected chi connectivity index (χ2v) is 3.80. The van der Waals surface area contributed by atoms with Crippen LogP contribution < -0.4 is 5.73 Å². The molecule has 17 heavy (non-hydrogen) atoms. The van der Waals surface area contributed by atoms with E-state index in [1.54, 1.807) is 12.1 Å². The third-order valence-electron chi connectivity index (χ3n) is 2.79. The summed E-state index contributed by atoms with van der Waals surface area (Å²) in [5, 5.41) is 2.27. The largest absolute Gasteiger partial charge is 0.366 e. The number of carbonyl (C=O) groups excluding carboxylic acids is 1. The predicted octanol–water partition coefficient (Wildman–Crippen LogP) is 2.84. The van der Waals surface area contributed by atoms with E-state index in [1.165, 1.54) is 0 Å². The van der Waals surface area contributed by atoms with Crippen LogP contribution in [0, 0.1) is 0 Å². The van der Waals surface area contributed by atoms with Crippen molar-refractivity contribution in [1.29, 1.82) is 0 Å². The van der Waals surface area contributed by atoms with Gasteiger partial charge in [-0.2, -0.15) is 0 Å². The Morgan fingerprint density at radius 3 is 2.47 bits per heavy atom. The van der Waals surface area contributed by atoms with Crippen LogP contribution in [0.25, 0.3) is 21.8 Å². The molecule has 0 fully saturated rings. The first-order valence-corrected chi connectivity index (χ1v) is 5.06. The minimum atomic E-state index is -0.402. The number of H-pyrrole nitrogens is 1. The number of carbonyl (C=O) groups is 1. The number of rotatable bonds is 1. The van der Waals surface area contributed by atoms with Gasteiger partial charge in [-0.25, -0.2) is 0 Å². The number of nitrogens with one attached hydrogen (secondary N) is 1. The molecule has 3 rings (SSSR count). The van der Waals surface area contributed by atoms with Gasteiger partial charge in [-0.3, -0.25) is 4.79 Å². The lowest BCUT2D eigenvalue weighted by Gasteiger charge is -1.95. The maximum absolute atomic E-state index is 11.1. The van der Waals surface area contributed by atoms with Gasteiger partial charge < -0.3 is 10.7 Å². The molecule has 3 aromatic rings. The Morgan fingerprint density at radius 1 is 1.00 bits per heavy atom. The molecule has 0 bridgehead atoms. The van der Waals surface area contributed by atoms with E-state index in [9.17, 15) is 4.79 Å². The molecule has 2 aromatic carbocycles. The van der Waals surface area contributed by atoms with Crippen molar-refractivity contribution in [3.8, 4) is 0 Å². The first-order chi connectivity index (χ1) is 7.75. The molecule has 1 amide bonds. The number of benzene rings is 2. The first kappa shape index (κ1) is 11.5. The van der Waals surface area contributed by atoms with Gasteiger partial charge in [0.25, 0.3) is 0 Å². The number of halogens is 1. The van der Waals surface area contributed by atoms with Crippen molar-refractivity contribution in [3.63, 3.8) is 0 Å². The molecule has 0 aliphatic rings. The summed E-state index contributed by atoms with van der Waals surface area (Å²) in [7, 11) is 0. The molecule has 3 nitrogen and oxygen atoms in total. The quantitative estimate of drug-likeness (QED) is 0.682. The number of fused-ring (bicyclic) bond motifs is 3. The molecule has 0 saturated heterocycles. The van der Waals surface area contributed by atoms with Gasteiger partial charge in [0.1, 0.15) is 0 Å². The van der Waals surface area contributed by atoms with Crippen LogP contribution in [0.3, 0.4) is 0 Å². The molecule has 0 unspecified atom stereocenters. The molecular formula is C13H11ClN2O. The molecule has 1 aromatic heterocycles. The lowest BCUT2D eigenvalue weighted by Crippen LogP contribution is -2.10. The van der Waals surface area contributed by atoms with Crippen LogP contribution in [0.1, 0.15) is 10.4 Å². The topological polar surface area (TPSA) is 58.9 Å². The molecule has 0 radical (unpaired) electrons. The zero-order valence-corrected chi connectivity index (χ0v) is 9.75. The van der Waals surface area contributed by atoms with Crippen molar-refractivity contribution < 1.29 is 4.79 Å². The summed E-state index contributed by atoms with van der Waals surface area (Å²) in [6, 6.07) is 13.5. The monoisotopic (exact) mass is 246 g/mol. The van der Waals surface area contributed by atoms with Crippen LogP contribution in [0.15, 0.2) is 42.5 Å². The third-order valence-corrected chi connectivity index (χ3v) is 2.79. The maximum atomic E-state index is 11.1. The van der Waals surface area contributed by atoms with E-state index < -0.39 is 5.91 Å². The van der Waals surface area contributed by atoms with E-state index in [-0.39, 0.29) is 12.4 Å². The highest BCUT2D eigenvalue weighted by Gasteiger charge is 2.06. The molecule has 3 N–H and O–H groups in total. The summed E-state index contributed by atoms with van der Waals surface area (Å²) >= 11 is 0. The smallest absolute Gasteiger partial charge is 0.248 e. The second kappa shape index (κ2) is 4.11. The van der Waals surface area contributed by atoms with E-state index in [0.717, 1.165) is 21.8 Å². The standard InChI is InChI=1S/C13H10N2O.ClH/c14-13(16)8-5-6-10-9-3-1-2-4-11(9)15-12(10)7-8;/h1-7,15H,(H2,14,16);1H. The van der Waals surface area contributed by atoms with Gasteiger partial charge >= 0.3 is 0 Å². The summed E-state index contributed by atoms with van der Waals surface area (Å²) in [6.45, 7) is 0. The summed E-state index contributed by atoms with van der Waals surface area (Å²) in [5.41, 5.74) is 7.78. The zero-order valence-electron chi connectivity index (χ0n) is 8.94. The minimum Gasteiger partial charge on any atom is -0.366 e. The van der Waals surface area contributed by atoms with Crippen LogP contribution in [-0.2, 0) is 0 Å². The molecule has 0 atom stereocenters. The average molecular weight is 247 g/mol. The lowest BCUT2D eigenvalue weighted by molar-refractivity contribution is 0.100. The Labute approximate surface area is 104 Å². The van der Waals surface area contributed by atoms with Crippen LogP contribution in [0.2, 0.25) is 0 Å². The SMILES string of the molecule is Cl.NC(=O)c1ccc2c(c1)[nH]c1ccccc12. The molecule has 1 heterocycles. The maximum Gasteiger partial charge on any atom is 0.248 e. The van der Waals surface area contributed by atoms with Crippen molar-refractivity contribution in [2.75, 3.05) is 0 Å². The van der Waals surface area contributed by atoms with Crippen LogP contribution >= 0.6 is 12.4 Å². The van der Waals surface area contributed by atoms with Gasteiger partial charge in [0.2, 0.25) is 5.91 Å². The lowest BCUT2D eigenvalue weighted by atomic mass is 10.1. The number of primary amides is 1. The third kappa shape index (κ3) is 1.74. The highest BCUT2D eigenvalue weighted by molar-refractivity contribution is 6.09. The molecule has 0 aliphatic heterocycles. The van der Waals surface area contributed by atoms with E-state index in [1.807, 2.05) is 24.3 Å². The summed E-state index contributed by atoms with van der Waals surface area (Å²) in [6.07, 6.45) is 0. The molecular weight excluding hydrogens is 236 g/mol. The van der Waals surface area contributed by atoms with E-state index >= 15 is 0 Å². The van der Waals surface area contributed by atoms with Crippen molar-refractivity contribution >= 4 is 40.1 Å². The summed E-state index contributed by atoms with van der Waals surface area (Å²) < 4.78 is 0. The van der Waals surface area contributed by atoms with Crippen molar-refractivity contribution in [2.24, 2.45) is 5.73 Å². The van der Waals surface area contributed by atoms with Crippen molar-refractivity contribution in [3.05, 3.63) is 48.0 Å². The Morgan fingerprint density at radius 2 is 1.71 bits per heavy atom. The number of para-hydroxylation sites is 1. The number of hydrogen-bond acceptors (Lipinski definition) is 1. The number of amides is 1. The number of nitrogens with two attached hydrogens (primary N) is 1. The van der Waals surface area contributed by atoms with E-state index in [0.29, 0.717) is 5.56 Å². The predicted molar refractivity (Wildman–Crippen MR) is 71.6 cm³/mol. The number of hydrogen-bond donors (Lipinski definition) is 2. The van der Waals surface area contributed by atoms with Gasteiger partial charge in [0.15, 0.2) is 0 Å². The van der Waals surface area contributed by atoms with Gasteiger partial charge in [-0.1, -0.05) is 24.3 Å². The highest BCUT2D eigenvalue weighted by Crippen LogP contribution is 2.25. The van der Waals surface area contributed by atoms with Gasteiger partial charge in [0, 0.05) is 27.4 Å². The Hall–Kier alpha value is -2.00. The average Bonchev–Trinajstić information content (AvgIpc) is 2.66. The van der Waals surface area contributed by atoms with Crippen molar-refractivity contribution in [2.45, 2.75) is 0 Å². The normalized spacial score (nSPS) is 10.4. The zero-order chi connectivity index (χ0) is 11.1. The van der Waals surface area contributed by atoms with Gasteiger partial charge in [0.05, 0.1) is 0 Å².